The Kier molecular flexibility index (Phi) is 3.21. The maximum atomic E-state index is 11.5. The minimum Gasteiger partial charge on any atom is -0.465 e. The van der Waals surface area contributed by atoms with Gasteiger partial charge in [0.05, 0.1) is 24.5 Å². The zero-order valence-corrected chi connectivity index (χ0v) is 10.8. The van der Waals surface area contributed by atoms with Crippen LogP contribution in [0.5, 0.6) is 0 Å². The number of rotatable bonds is 3. The molecule has 1 aliphatic heterocycles. The van der Waals surface area contributed by atoms with Crippen molar-refractivity contribution in [2.75, 3.05) is 13.7 Å². The summed E-state index contributed by atoms with van der Waals surface area (Å²) in [5, 5.41) is 0. The van der Waals surface area contributed by atoms with E-state index >= 15 is 0 Å². The van der Waals surface area contributed by atoms with Gasteiger partial charge in [-0.15, -0.1) is 0 Å². The van der Waals surface area contributed by atoms with Crippen LogP contribution in [-0.2, 0) is 15.9 Å². The Morgan fingerprint density at radius 1 is 1.63 bits per heavy atom. The highest BCUT2D eigenvalue weighted by atomic mass is 16.5. The summed E-state index contributed by atoms with van der Waals surface area (Å²) in [6.45, 7) is 0.852. The highest BCUT2D eigenvalue weighted by molar-refractivity contribution is 5.90. The lowest BCUT2D eigenvalue weighted by atomic mass is 10.1. The summed E-state index contributed by atoms with van der Waals surface area (Å²) in [6.07, 6.45) is 7.15. The summed E-state index contributed by atoms with van der Waals surface area (Å²) in [6, 6.07) is 3.47. The minimum absolute atomic E-state index is 0.282. The van der Waals surface area contributed by atoms with Gasteiger partial charge in [-0.1, -0.05) is 0 Å². The molecule has 0 aliphatic carbocycles. The molecular formula is C14H16N2O3. The van der Waals surface area contributed by atoms with Crippen LogP contribution in [0.1, 0.15) is 28.9 Å². The molecule has 0 spiro atoms. The first-order valence-electron chi connectivity index (χ1n) is 6.44. The Labute approximate surface area is 111 Å². The van der Waals surface area contributed by atoms with E-state index in [4.69, 9.17) is 9.47 Å². The zero-order chi connectivity index (χ0) is 13.2. The summed E-state index contributed by atoms with van der Waals surface area (Å²) in [5.41, 5.74) is 2.27. The number of carbonyl (C=O) groups excluding carboxylic acids is 1. The topological polar surface area (TPSA) is 52.8 Å². The number of nitrogens with zero attached hydrogens (tertiary/aromatic N) is 2. The van der Waals surface area contributed by atoms with Crippen molar-refractivity contribution in [1.82, 2.24) is 9.38 Å². The average molecular weight is 260 g/mol. The predicted molar refractivity (Wildman–Crippen MR) is 69.2 cm³/mol. The fourth-order valence-corrected chi connectivity index (χ4v) is 2.42. The van der Waals surface area contributed by atoms with Crippen LogP contribution in [0.2, 0.25) is 0 Å². The SMILES string of the molecule is COC(=O)c1ccn2cc(CC3CCCO3)nc2c1. The maximum Gasteiger partial charge on any atom is 0.338 e. The Bertz CT molecular complexity index is 600. The molecule has 100 valence electrons. The first-order chi connectivity index (χ1) is 9.26. The number of imidazole rings is 1. The predicted octanol–water partition coefficient (Wildman–Crippen LogP) is 1.84. The van der Waals surface area contributed by atoms with Crippen molar-refractivity contribution in [2.45, 2.75) is 25.4 Å². The van der Waals surface area contributed by atoms with Gasteiger partial charge in [-0.05, 0) is 25.0 Å². The van der Waals surface area contributed by atoms with E-state index in [-0.39, 0.29) is 12.1 Å². The van der Waals surface area contributed by atoms with Crippen molar-refractivity contribution >= 4 is 11.6 Å². The van der Waals surface area contributed by atoms with Gasteiger partial charge in [0.2, 0.25) is 0 Å². The van der Waals surface area contributed by atoms with Crippen molar-refractivity contribution in [1.29, 1.82) is 0 Å². The van der Waals surface area contributed by atoms with E-state index in [2.05, 4.69) is 4.98 Å². The van der Waals surface area contributed by atoms with E-state index in [1.807, 2.05) is 16.8 Å². The number of ether oxygens (including phenoxy) is 2. The lowest BCUT2D eigenvalue weighted by molar-refractivity contribution is 0.0600. The van der Waals surface area contributed by atoms with Gasteiger partial charge in [-0.2, -0.15) is 0 Å². The first-order valence-corrected chi connectivity index (χ1v) is 6.44. The molecule has 0 N–H and O–H groups in total. The van der Waals surface area contributed by atoms with Gasteiger partial charge in [0.25, 0.3) is 0 Å². The third-order valence-corrected chi connectivity index (χ3v) is 3.39. The van der Waals surface area contributed by atoms with Crippen molar-refractivity contribution in [3.8, 4) is 0 Å². The van der Waals surface area contributed by atoms with Gasteiger partial charge in [0.15, 0.2) is 0 Å². The van der Waals surface area contributed by atoms with Gasteiger partial charge in [-0.25, -0.2) is 9.78 Å². The Morgan fingerprint density at radius 3 is 3.26 bits per heavy atom. The van der Waals surface area contributed by atoms with E-state index in [0.717, 1.165) is 37.2 Å². The van der Waals surface area contributed by atoms with Gasteiger partial charge in [0, 0.05) is 25.4 Å². The van der Waals surface area contributed by atoms with Crippen molar-refractivity contribution in [3.05, 3.63) is 35.8 Å². The molecule has 0 saturated carbocycles. The van der Waals surface area contributed by atoms with Gasteiger partial charge in [-0.3, -0.25) is 0 Å². The molecule has 1 saturated heterocycles. The molecule has 5 nitrogen and oxygen atoms in total. The van der Waals surface area contributed by atoms with Crippen LogP contribution in [0.4, 0.5) is 0 Å². The standard InChI is InChI=1S/C14H16N2O3/c1-18-14(17)10-4-5-16-9-11(15-13(16)7-10)8-12-3-2-6-19-12/h4-5,7,9,12H,2-3,6,8H2,1H3. The second-order valence-electron chi connectivity index (χ2n) is 4.74. The second-order valence-corrected chi connectivity index (χ2v) is 4.74. The molecule has 5 heteroatoms. The number of hydrogen-bond donors (Lipinski definition) is 0. The van der Waals surface area contributed by atoms with E-state index < -0.39 is 0 Å². The molecule has 0 aromatic carbocycles. The summed E-state index contributed by atoms with van der Waals surface area (Å²) >= 11 is 0. The molecule has 2 aromatic heterocycles. The number of esters is 1. The van der Waals surface area contributed by atoms with Crippen LogP contribution < -0.4 is 0 Å². The number of hydrogen-bond acceptors (Lipinski definition) is 4. The molecule has 3 rings (SSSR count). The van der Waals surface area contributed by atoms with Crippen molar-refractivity contribution < 1.29 is 14.3 Å². The zero-order valence-electron chi connectivity index (χ0n) is 10.8. The molecule has 3 heterocycles. The third-order valence-electron chi connectivity index (χ3n) is 3.39. The summed E-state index contributed by atoms with van der Waals surface area (Å²) in [5.74, 6) is -0.342. The normalized spacial score (nSPS) is 18.9. The number of methoxy groups -OCH3 is 1. The molecule has 1 unspecified atom stereocenters. The van der Waals surface area contributed by atoms with Crippen LogP contribution in [0.15, 0.2) is 24.5 Å². The van der Waals surface area contributed by atoms with Crippen LogP contribution in [0.3, 0.4) is 0 Å². The maximum absolute atomic E-state index is 11.5. The smallest absolute Gasteiger partial charge is 0.338 e. The summed E-state index contributed by atoms with van der Waals surface area (Å²) < 4.78 is 12.2. The largest absolute Gasteiger partial charge is 0.465 e. The van der Waals surface area contributed by atoms with Crippen LogP contribution >= 0.6 is 0 Å². The Morgan fingerprint density at radius 2 is 2.53 bits per heavy atom. The molecule has 0 bridgehead atoms. The van der Waals surface area contributed by atoms with Crippen molar-refractivity contribution in [2.24, 2.45) is 0 Å². The molecule has 19 heavy (non-hydrogen) atoms. The van der Waals surface area contributed by atoms with Crippen LogP contribution in [0.25, 0.3) is 5.65 Å². The fraction of sp³-hybridized carbons (Fsp3) is 0.429. The van der Waals surface area contributed by atoms with Crippen molar-refractivity contribution in [3.63, 3.8) is 0 Å². The molecule has 2 aromatic rings. The fourth-order valence-electron chi connectivity index (χ4n) is 2.42. The second kappa shape index (κ2) is 5.01. The molecule has 0 amide bonds. The lowest BCUT2D eigenvalue weighted by Crippen LogP contribution is -2.08. The number of pyridine rings is 1. The van der Waals surface area contributed by atoms with E-state index in [9.17, 15) is 4.79 Å². The molecular weight excluding hydrogens is 244 g/mol. The minimum atomic E-state index is -0.342. The van der Waals surface area contributed by atoms with Crippen LogP contribution in [-0.4, -0.2) is 35.2 Å². The van der Waals surface area contributed by atoms with E-state index in [1.165, 1.54) is 7.11 Å². The molecule has 0 radical (unpaired) electrons. The lowest BCUT2D eigenvalue weighted by Gasteiger charge is -2.05. The number of aromatic nitrogens is 2. The molecule has 1 fully saturated rings. The monoisotopic (exact) mass is 260 g/mol. The third kappa shape index (κ3) is 2.46. The highest BCUT2D eigenvalue weighted by Crippen LogP contribution is 2.17. The Balaban J connectivity index is 1.85. The Hall–Kier alpha value is -1.88. The molecule has 1 atom stereocenters. The number of fused-ring (bicyclic) bond motifs is 1. The van der Waals surface area contributed by atoms with E-state index in [0.29, 0.717) is 5.56 Å². The summed E-state index contributed by atoms with van der Waals surface area (Å²) in [7, 11) is 1.38. The van der Waals surface area contributed by atoms with Gasteiger partial charge >= 0.3 is 5.97 Å². The van der Waals surface area contributed by atoms with Gasteiger partial charge in [0.1, 0.15) is 5.65 Å². The number of carbonyl (C=O) groups is 1. The van der Waals surface area contributed by atoms with E-state index in [1.54, 1.807) is 12.1 Å². The first kappa shape index (κ1) is 12.2. The average Bonchev–Trinajstić information content (AvgIpc) is 3.05. The van der Waals surface area contributed by atoms with Gasteiger partial charge < -0.3 is 13.9 Å². The molecule has 1 aliphatic rings. The van der Waals surface area contributed by atoms with Crippen LogP contribution in [0, 0.1) is 0 Å². The highest BCUT2D eigenvalue weighted by Gasteiger charge is 2.17. The quantitative estimate of drug-likeness (QED) is 0.790. The summed E-state index contributed by atoms with van der Waals surface area (Å²) in [4.78, 5) is 16.0.